The van der Waals surface area contributed by atoms with Gasteiger partial charge in [-0.05, 0) is 19.4 Å². The van der Waals surface area contributed by atoms with Crippen molar-refractivity contribution < 1.29 is 9.90 Å². The highest BCUT2D eigenvalue weighted by Crippen LogP contribution is 2.03. The normalized spacial score (nSPS) is 17.7. The summed E-state index contributed by atoms with van der Waals surface area (Å²) in [6.45, 7) is 9.55. The van der Waals surface area contributed by atoms with Crippen molar-refractivity contribution in [3.05, 3.63) is 0 Å². The highest BCUT2D eigenvalue weighted by molar-refractivity contribution is 5.81. The van der Waals surface area contributed by atoms with E-state index >= 15 is 0 Å². The molecule has 1 unspecified atom stereocenters. The molecule has 1 rings (SSSR count). The summed E-state index contributed by atoms with van der Waals surface area (Å²) < 4.78 is 0. The van der Waals surface area contributed by atoms with Gasteiger partial charge in [0.25, 0.3) is 0 Å². The monoisotopic (exact) mass is 232 g/mol. The van der Waals surface area contributed by atoms with E-state index in [9.17, 15) is 4.79 Å². The second-order valence-electron chi connectivity index (χ2n) is 3.37. The van der Waals surface area contributed by atoms with Crippen LogP contribution in [0.3, 0.4) is 0 Å². The van der Waals surface area contributed by atoms with Crippen LogP contribution in [0.2, 0.25) is 0 Å². The molecule has 98 valence electrons. The lowest BCUT2D eigenvalue weighted by atomic mass is 10.2. The van der Waals surface area contributed by atoms with Crippen LogP contribution >= 0.6 is 0 Å². The standard InChI is InChI=1S/C7H14N2O2.C3H8.C2H6/c10-5-4-9-7(11)6-2-1-3-8-6;1-3-2;1-2/h6,8,10H,1-5H2,(H,9,11);3H2,1-2H3;1-2H3. The molecular weight excluding hydrogens is 204 g/mol. The molecule has 0 saturated carbocycles. The van der Waals surface area contributed by atoms with Gasteiger partial charge < -0.3 is 15.7 Å². The average Bonchev–Trinajstić information content (AvgIpc) is 2.83. The van der Waals surface area contributed by atoms with Gasteiger partial charge >= 0.3 is 0 Å². The summed E-state index contributed by atoms with van der Waals surface area (Å²) >= 11 is 0. The molecule has 1 fully saturated rings. The second-order valence-corrected chi connectivity index (χ2v) is 3.37. The molecule has 0 bridgehead atoms. The van der Waals surface area contributed by atoms with Crippen LogP contribution in [0.25, 0.3) is 0 Å². The molecule has 0 spiro atoms. The van der Waals surface area contributed by atoms with Gasteiger partial charge in [0.05, 0.1) is 12.6 Å². The Bertz CT molecular complexity index is 146. The Morgan fingerprint density at radius 2 is 2.00 bits per heavy atom. The molecule has 1 amide bonds. The van der Waals surface area contributed by atoms with Crippen molar-refractivity contribution in [2.24, 2.45) is 0 Å². The number of carbonyl (C=O) groups excluding carboxylic acids is 1. The van der Waals surface area contributed by atoms with Gasteiger partial charge in [0.2, 0.25) is 5.91 Å². The zero-order valence-electron chi connectivity index (χ0n) is 11.2. The minimum Gasteiger partial charge on any atom is -0.395 e. The number of nitrogens with one attached hydrogen (secondary N) is 2. The molecule has 0 aromatic carbocycles. The van der Waals surface area contributed by atoms with Gasteiger partial charge in [0, 0.05) is 6.54 Å². The molecule has 16 heavy (non-hydrogen) atoms. The molecule has 1 saturated heterocycles. The molecule has 4 heteroatoms. The Morgan fingerprint density at radius 1 is 1.44 bits per heavy atom. The number of hydrogen-bond acceptors (Lipinski definition) is 3. The molecular formula is C12H28N2O2. The number of rotatable bonds is 3. The summed E-state index contributed by atoms with van der Waals surface area (Å²) in [5.41, 5.74) is 0. The number of hydrogen-bond donors (Lipinski definition) is 3. The van der Waals surface area contributed by atoms with Crippen LogP contribution in [0.15, 0.2) is 0 Å². The minimum absolute atomic E-state index is 0.0107. The fraction of sp³-hybridized carbons (Fsp3) is 0.917. The Hall–Kier alpha value is -0.610. The third-order valence-corrected chi connectivity index (χ3v) is 1.79. The lowest BCUT2D eigenvalue weighted by Crippen LogP contribution is -2.41. The molecule has 0 aliphatic carbocycles. The maximum atomic E-state index is 11.1. The molecule has 4 nitrogen and oxygen atoms in total. The SMILES string of the molecule is CC.CCC.O=C(NCCO)C1CCCN1. The first-order chi connectivity index (χ1) is 7.76. The summed E-state index contributed by atoms with van der Waals surface area (Å²) in [6, 6.07) is -0.0263. The van der Waals surface area contributed by atoms with E-state index in [0.717, 1.165) is 19.4 Å². The summed E-state index contributed by atoms with van der Waals surface area (Å²) in [5, 5.41) is 14.1. The highest BCUT2D eigenvalue weighted by atomic mass is 16.3. The van der Waals surface area contributed by atoms with Crippen molar-refractivity contribution in [2.75, 3.05) is 19.7 Å². The Morgan fingerprint density at radius 3 is 2.38 bits per heavy atom. The van der Waals surface area contributed by atoms with Crippen LogP contribution in [0, 0.1) is 0 Å². The van der Waals surface area contributed by atoms with Gasteiger partial charge in [-0.1, -0.05) is 34.1 Å². The molecule has 1 aliphatic rings. The third-order valence-electron chi connectivity index (χ3n) is 1.79. The van der Waals surface area contributed by atoms with Crippen molar-refractivity contribution in [3.63, 3.8) is 0 Å². The van der Waals surface area contributed by atoms with Gasteiger partial charge in [0.15, 0.2) is 0 Å². The van der Waals surface area contributed by atoms with E-state index in [1.54, 1.807) is 0 Å². The predicted octanol–water partition coefficient (Wildman–Crippen LogP) is 1.29. The van der Waals surface area contributed by atoms with Crippen molar-refractivity contribution in [2.45, 2.75) is 53.0 Å². The van der Waals surface area contributed by atoms with Crippen LogP contribution in [-0.4, -0.2) is 36.8 Å². The fourth-order valence-electron chi connectivity index (χ4n) is 1.21. The molecule has 0 radical (unpaired) electrons. The van der Waals surface area contributed by atoms with Gasteiger partial charge in [-0.3, -0.25) is 4.79 Å². The fourth-order valence-corrected chi connectivity index (χ4v) is 1.21. The van der Waals surface area contributed by atoms with Crippen molar-refractivity contribution >= 4 is 5.91 Å². The third kappa shape index (κ3) is 9.93. The van der Waals surface area contributed by atoms with E-state index < -0.39 is 0 Å². The maximum Gasteiger partial charge on any atom is 0.237 e. The van der Waals surface area contributed by atoms with E-state index in [0.29, 0.717) is 6.54 Å². The Balaban J connectivity index is 0. The largest absolute Gasteiger partial charge is 0.395 e. The smallest absolute Gasteiger partial charge is 0.237 e. The van der Waals surface area contributed by atoms with Crippen molar-refractivity contribution in [3.8, 4) is 0 Å². The first-order valence-electron chi connectivity index (χ1n) is 6.38. The van der Waals surface area contributed by atoms with Gasteiger partial charge in [-0.25, -0.2) is 0 Å². The zero-order chi connectivity index (χ0) is 12.8. The molecule has 0 aromatic heterocycles. The zero-order valence-corrected chi connectivity index (χ0v) is 11.2. The Labute approximate surface area is 99.8 Å². The second kappa shape index (κ2) is 14.4. The lowest BCUT2D eigenvalue weighted by molar-refractivity contribution is -0.122. The number of aliphatic hydroxyl groups is 1. The van der Waals surface area contributed by atoms with Crippen LogP contribution in [-0.2, 0) is 4.79 Å². The van der Waals surface area contributed by atoms with Crippen molar-refractivity contribution in [1.82, 2.24) is 10.6 Å². The number of carbonyl (C=O) groups is 1. The van der Waals surface area contributed by atoms with E-state index in [1.807, 2.05) is 13.8 Å². The number of aliphatic hydroxyl groups excluding tert-OH is 1. The van der Waals surface area contributed by atoms with Crippen LogP contribution in [0.4, 0.5) is 0 Å². The number of amides is 1. The van der Waals surface area contributed by atoms with Gasteiger partial charge in [0.1, 0.15) is 0 Å². The summed E-state index contributed by atoms with van der Waals surface area (Å²) in [4.78, 5) is 11.1. The summed E-state index contributed by atoms with van der Waals surface area (Å²) in [7, 11) is 0. The first-order valence-corrected chi connectivity index (χ1v) is 6.38. The highest BCUT2D eigenvalue weighted by Gasteiger charge is 2.20. The predicted molar refractivity (Wildman–Crippen MR) is 68.4 cm³/mol. The molecule has 1 heterocycles. The molecule has 3 N–H and O–H groups in total. The quantitative estimate of drug-likeness (QED) is 0.687. The first kappa shape index (κ1) is 17.8. The Kier molecular flexibility index (Phi) is 16.0. The van der Waals surface area contributed by atoms with Crippen LogP contribution in [0.5, 0.6) is 0 Å². The van der Waals surface area contributed by atoms with Crippen LogP contribution in [0.1, 0.15) is 47.0 Å². The van der Waals surface area contributed by atoms with E-state index in [1.165, 1.54) is 6.42 Å². The topological polar surface area (TPSA) is 61.4 Å². The van der Waals surface area contributed by atoms with E-state index in [2.05, 4.69) is 24.5 Å². The van der Waals surface area contributed by atoms with Gasteiger partial charge in [-0.15, -0.1) is 0 Å². The maximum absolute atomic E-state index is 11.1. The van der Waals surface area contributed by atoms with Crippen LogP contribution < -0.4 is 10.6 Å². The van der Waals surface area contributed by atoms with E-state index in [-0.39, 0.29) is 18.6 Å². The van der Waals surface area contributed by atoms with Gasteiger partial charge in [-0.2, -0.15) is 0 Å². The van der Waals surface area contributed by atoms with E-state index in [4.69, 9.17) is 5.11 Å². The minimum atomic E-state index is -0.0263. The average molecular weight is 232 g/mol. The molecule has 0 aromatic rings. The molecule has 1 aliphatic heterocycles. The summed E-state index contributed by atoms with van der Waals surface area (Å²) in [5.74, 6) is 0.0107. The van der Waals surface area contributed by atoms with Crippen molar-refractivity contribution in [1.29, 1.82) is 0 Å². The molecule has 1 atom stereocenters. The summed E-state index contributed by atoms with van der Waals surface area (Å²) in [6.07, 6.45) is 3.23. The lowest BCUT2D eigenvalue weighted by Gasteiger charge is -2.09.